The second-order valence-electron chi connectivity index (χ2n) is 6.99. The number of hydrogen-bond acceptors (Lipinski definition) is 4. The summed E-state index contributed by atoms with van der Waals surface area (Å²) >= 11 is 6.07. The minimum atomic E-state index is -3.48. The number of sulfone groups is 1. The van der Waals surface area contributed by atoms with Crippen molar-refractivity contribution < 1.29 is 13.2 Å². The molecule has 1 saturated carbocycles. The highest BCUT2D eigenvalue weighted by molar-refractivity contribution is 7.92. The van der Waals surface area contributed by atoms with Crippen LogP contribution in [0.5, 0.6) is 0 Å². The predicted octanol–water partition coefficient (Wildman–Crippen LogP) is 1.65. The van der Waals surface area contributed by atoms with Gasteiger partial charge in [0.2, 0.25) is 5.91 Å². The van der Waals surface area contributed by atoms with Crippen molar-refractivity contribution in [3.63, 3.8) is 0 Å². The van der Waals surface area contributed by atoms with E-state index in [0.717, 1.165) is 18.4 Å². The Morgan fingerprint density at radius 1 is 1.25 bits per heavy atom. The SMILES string of the molecule is CS(=O)(=O)C1(C(=O)NCC2(c3cccc(Cl)c3)CC2)CCNCC1. The van der Waals surface area contributed by atoms with Crippen molar-refractivity contribution in [3.05, 3.63) is 34.9 Å². The second-order valence-corrected chi connectivity index (χ2v) is 9.75. The van der Waals surface area contributed by atoms with Gasteiger partial charge in [-0.1, -0.05) is 23.7 Å². The molecule has 2 fully saturated rings. The van der Waals surface area contributed by atoms with Crippen molar-refractivity contribution in [3.8, 4) is 0 Å². The fourth-order valence-electron chi connectivity index (χ4n) is 3.54. The number of hydrogen-bond donors (Lipinski definition) is 2. The summed E-state index contributed by atoms with van der Waals surface area (Å²) < 4.78 is 23.3. The molecule has 0 aromatic heterocycles. The zero-order valence-corrected chi connectivity index (χ0v) is 15.3. The Labute approximate surface area is 148 Å². The van der Waals surface area contributed by atoms with Crippen molar-refractivity contribution in [2.45, 2.75) is 35.8 Å². The number of carbonyl (C=O) groups excluding carboxylic acids is 1. The van der Waals surface area contributed by atoms with Gasteiger partial charge in [-0.2, -0.15) is 0 Å². The third kappa shape index (κ3) is 3.19. The first-order valence-electron chi connectivity index (χ1n) is 8.24. The summed E-state index contributed by atoms with van der Waals surface area (Å²) in [5, 5.41) is 6.73. The Balaban J connectivity index is 1.75. The lowest BCUT2D eigenvalue weighted by atomic mass is 9.93. The number of benzene rings is 1. The molecule has 2 N–H and O–H groups in total. The molecular formula is C17H23ClN2O3S. The van der Waals surface area contributed by atoms with Gasteiger partial charge in [0.1, 0.15) is 0 Å². The number of rotatable bonds is 5. The van der Waals surface area contributed by atoms with Crippen molar-refractivity contribution in [1.29, 1.82) is 0 Å². The van der Waals surface area contributed by atoms with Gasteiger partial charge in [-0.3, -0.25) is 4.79 Å². The Bertz CT molecular complexity index is 738. The third-order valence-electron chi connectivity index (χ3n) is 5.41. The summed E-state index contributed by atoms with van der Waals surface area (Å²) in [5.41, 5.74) is 1.00. The van der Waals surface area contributed by atoms with Crippen LogP contribution in [0.4, 0.5) is 0 Å². The first kappa shape index (κ1) is 17.7. The van der Waals surface area contributed by atoms with Crippen LogP contribution in [0.2, 0.25) is 5.02 Å². The molecule has 5 nitrogen and oxygen atoms in total. The quantitative estimate of drug-likeness (QED) is 0.826. The molecule has 0 atom stereocenters. The molecule has 0 unspecified atom stereocenters. The molecule has 1 aromatic carbocycles. The minimum absolute atomic E-state index is 0.105. The van der Waals surface area contributed by atoms with Gasteiger partial charge in [0, 0.05) is 23.2 Å². The molecule has 24 heavy (non-hydrogen) atoms. The Hall–Kier alpha value is -1.11. The van der Waals surface area contributed by atoms with Gasteiger partial charge in [-0.15, -0.1) is 0 Å². The van der Waals surface area contributed by atoms with Crippen molar-refractivity contribution in [2.24, 2.45) is 0 Å². The van der Waals surface area contributed by atoms with Crippen LogP contribution in [0.1, 0.15) is 31.2 Å². The van der Waals surface area contributed by atoms with Crippen LogP contribution in [-0.4, -0.2) is 45.0 Å². The molecule has 1 heterocycles. The highest BCUT2D eigenvalue weighted by Gasteiger charge is 2.50. The van der Waals surface area contributed by atoms with Gasteiger partial charge in [0.05, 0.1) is 0 Å². The molecular weight excluding hydrogens is 348 g/mol. The van der Waals surface area contributed by atoms with Crippen LogP contribution in [0.3, 0.4) is 0 Å². The van der Waals surface area contributed by atoms with E-state index in [9.17, 15) is 13.2 Å². The van der Waals surface area contributed by atoms with E-state index in [1.54, 1.807) is 0 Å². The van der Waals surface area contributed by atoms with E-state index in [2.05, 4.69) is 10.6 Å². The average molecular weight is 371 g/mol. The van der Waals surface area contributed by atoms with E-state index in [1.807, 2.05) is 24.3 Å². The molecule has 2 aliphatic rings. The average Bonchev–Trinajstić information content (AvgIpc) is 3.33. The zero-order chi connectivity index (χ0) is 17.4. The first-order valence-corrected chi connectivity index (χ1v) is 10.5. The fraction of sp³-hybridized carbons (Fsp3) is 0.588. The van der Waals surface area contributed by atoms with Crippen molar-refractivity contribution >= 4 is 27.3 Å². The van der Waals surface area contributed by atoms with Gasteiger partial charge >= 0.3 is 0 Å². The fourth-order valence-corrected chi connectivity index (χ4v) is 5.09. The van der Waals surface area contributed by atoms with Crippen LogP contribution >= 0.6 is 11.6 Å². The molecule has 132 valence electrons. The predicted molar refractivity (Wildman–Crippen MR) is 95.1 cm³/mol. The van der Waals surface area contributed by atoms with Crippen molar-refractivity contribution in [2.75, 3.05) is 25.9 Å². The molecule has 3 rings (SSSR count). The van der Waals surface area contributed by atoms with E-state index in [-0.39, 0.29) is 11.3 Å². The van der Waals surface area contributed by atoms with Gasteiger partial charge in [0.15, 0.2) is 14.6 Å². The maximum atomic E-state index is 12.8. The smallest absolute Gasteiger partial charge is 0.241 e. The molecule has 1 aliphatic heterocycles. The summed E-state index contributed by atoms with van der Waals surface area (Å²) in [6.07, 6.45) is 3.76. The lowest BCUT2D eigenvalue weighted by molar-refractivity contribution is -0.124. The van der Waals surface area contributed by atoms with Gasteiger partial charge < -0.3 is 10.6 Å². The monoisotopic (exact) mass is 370 g/mol. The van der Waals surface area contributed by atoms with Crippen LogP contribution in [0.25, 0.3) is 0 Å². The summed E-state index contributed by atoms with van der Waals surface area (Å²) in [4.78, 5) is 12.8. The number of carbonyl (C=O) groups is 1. The highest BCUT2D eigenvalue weighted by atomic mass is 35.5. The van der Waals surface area contributed by atoms with Crippen LogP contribution in [-0.2, 0) is 20.0 Å². The standard InChI is InChI=1S/C17H23ClN2O3S/c1-24(22,23)17(7-9-19-10-8-17)15(21)20-12-16(5-6-16)13-3-2-4-14(18)11-13/h2-4,11,19H,5-10,12H2,1H3,(H,20,21). The maximum absolute atomic E-state index is 12.8. The van der Waals surface area contributed by atoms with Gasteiger partial charge in [-0.25, -0.2) is 8.42 Å². The minimum Gasteiger partial charge on any atom is -0.354 e. The molecule has 0 spiro atoms. The number of amides is 1. The van der Waals surface area contributed by atoms with E-state index >= 15 is 0 Å². The lowest BCUT2D eigenvalue weighted by Gasteiger charge is -2.35. The molecule has 1 aliphatic carbocycles. The maximum Gasteiger partial charge on any atom is 0.241 e. The van der Waals surface area contributed by atoms with E-state index in [1.165, 1.54) is 6.26 Å². The summed E-state index contributed by atoms with van der Waals surface area (Å²) in [7, 11) is -3.48. The molecule has 7 heteroatoms. The Morgan fingerprint density at radius 3 is 2.46 bits per heavy atom. The summed E-state index contributed by atoms with van der Waals surface area (Å²) in [6, 6.07) is 7.68. The van der Waals surface area contributed by atoms with Crippen LogP contribution < -0.4 is 10.6 Å². The van der Waals surface area contributed by atoms with Gasteiger partial charge in [0.25, 0.3) is 0 Å². The summed E-state index contributed by atoms with van der Waals surface area (Å²) in [6.45, 7) is 1.54. The van der Waals surface area contributed by atoms with E-state index in [0.29, 0.717) is 37.5 Å². The number of halogens is 1. The molecule has 1 aromatic rings. The van der Waals surface area contributed by atoms with Crippen molar-refractivity contribution in [1.82, 2.24) is 10.6 Å². The Kier molecular flexibility index (Phi) is 4.66. The number of nitrogens with one attached hydrogen (secondary N) is 2. The lowest BCUT2D eigenvalue weighted by Crippen LogP contribution is -2.58. The molecule has 1 amide bonds. The topological polar surface area (TPSA) is 75.3 Å². The highest BCUT2D eigenvalue weighted by Crippen LogP contribution is 2.48. The zero-order valence-electron chi connectivity index (χ0n) is 13.8. The first-order chi connectivity index (χ1) is 11.3. The normalized spacial score (nSPS) is 21.9. The van der Waals surface area contributed by atoms with E-state index in [4.69, 9.17) is 11.6 Å². The molecule has 0 bridgehead atoms. The van der Waals surface area contributed by atoms with Crippen LogP contribution in [0, 0.1) is 0 Å². The molecule has 1 saturated heterocycles. The Morgan fingerprint density at radius 2 is 1.92 bits per heavy atom. The number of piperidine rings is 1. The van der Waals surface area contributed by atoms with Crippen LogP contribution in [0.15, 0.2) is 24.3 Å². The largest absolute Gasteiger partial charge is 0.354 e. The van der Waals surface area contributed by atoms with Gasteiger partial charge in [-0.05, 0) is 56.5 Å². The molecule has 0 radical (unpaired) electrons. The van der Waals surface area contributed by atoms with E-state index < -0.39 is 14.6 Å². The summed E-state index contributed by atoms with van der Waals surface area (Å²) in [5.74, 6) is -0.361. The second kappa shape index (κ2) is 6.32. The third-order valence-corrected chi connectivity index (χ3v) is 7.66.